The Morgan fingerprint density at radius 2 is 2.40 bits per heavy atom. The van der Waals surface area contributed by atoms with Gasteiger partial charge >= 0.3 is 0 Å². The van der Waals surface area contributed by atoms with Crippen molar-refractivity contribution in [3.63, 3.8) is 0 Å². The summed E-state index contributed by atoms with van der Waals surface area (Å²) in [6.45, 7) is 1.85. The van der Waals surface area contributed by atoms with Crippen LogP contribution >= 0.6 is 11.3 Å². The molecular formula is C15H20N2O2S. The summed E-state index contributed by atoms with van der Waals surface area (Å²) in [5, 5.41) is 2.93. The van der Waals surface area contributed by atoms with E-state index in [4.69, 9.17) is 10.5 Å². The van der Waals surface area contributed by atoms with Crippen molar-refractivity contribution < 1.29 is 9.53 Å². The van der Waals surface area contributed by atoms with E-state index in [0.29, 0.717) is 24.1 Å². The normalized spacial score (nSPS) is 18.1. The number of hydrogen-bond donors (Lipinski definition) is 2. The number of nitrogens with one attached hydrogen (secondary N) is 1. The van der Waals surface area contributed by atoms with Gasteiger partial charge in [0, 0.05) is 13.2 Å². The van der Waals surface area contributed by atoms with Gasteiger partial charge in [0.2, 0.25) is 0 Å². The first kappa shape index (κ1) is 15.0. The first-order chi connectivity index (χ1) is 9.79. The zero-order valence-electron chi connectivity index (χ0n) is 11.5. The van der Waals surface area contributed by atoms with E-state index in [1.807, 2.05) is 6.07 Å². The molecule has 1 fully saturated rings. The SMILES string of the molecule is NCC#Cc1ccc(C(=O)NCCC2CCCCO2)s1. The predicted molar refractivity (Wildman–Crippen MR) is 80.8 cm³/mol. The molecule has 0 aliphatic carbocycles. The molecule has 1 atom stereocenters. The second kappa shape index (κ2) is 8.05. The van der Waals surface area contributed by atoms with Crippen LogP contribution in [0, 0.1) is 11.8 Å². The third-order valence-corrected chi connectivity index (χ3v) is 4.17. The minimum atomic E-state index is -0.0355. The monoisotopic (exact) mass is 292 g/mol. The molecule has 1 aromatic heterocycles. The Bertz CT molecular complexity index is 495. The molecule has 0 bridgehead atoms. The molecular weight excluding hydrogens is 272 g/mol. The summed E-state index contributed by atoms with van der Waals surface area (Å²) in [5.41, 5.74) is 5.32. The van der Waals surface area contributed by atoms with Crippen LogP contribution in [0.15, 0.2) is 12.1 Å². The Kier molecular flexibility index (Phi) is 6.06. The lowest BCUT2D eigenvalue weighted by molar-refractivity contribution is 0.0117. The summed E-state index contributed by atoms with van der Waals surface area (Å²) in [4.78, 5) is 13.5. The van der Waals surface area contributed by atoms with Crippen molar-refractivity contribution in [1.29, 1.82) is 0 Å². The van der Waals surface area contributed by atoms with E-state index in [1.54, 1.807) is 6.07 Å². The summed E-state index contributed by atoms with van der Waals surface area (Å²) in [6, 6.07) is 3.66. The molecule has 3 N–H and O–H groups in total. The average molecular weight is 292 g/mol. The van der Waals surface area contributed by atoms with Crippen molar-refractivity contribution in [3.05, 3.63) is 21.9 Å². The van der Waals surface area contributed by atoms with E-state index in [9.17, 15) is 4.79 Å². The fourth-order valence-corrected chi connectivity index (χ4v) is 2.93. The van der Waals surface area contributed by atoms with Crippen molar-refractivity contribution in [2.45, 2.75) is 31.8 Å². The lowest BCUT2D eigenvalue weighted by Gasteiger charge is -2.22. The summed E-state index contributed by atoms with van der Waals surface area (Å²) < 4.78 is 5.64. The molecule has 1 aliphatic heterocycles. The zero-order valence-corrected chi connectivity index (χ0v) is 12.3. The van der Waals surface area contributed by atoms with Gasteiger partial charge < -0.3 is 15.8 Å². The van der Waals surface area contributed by atoms with Gasteiger partial charge in [0.05, 0.1) is 22.4 Å². The molecule has 1 saturated heterocycles. The summed E-state index contributed by atoms with van der Waals surface area (Å²) >= 11 is 1.39. The Morgan fingerprint density at radius 3 is 3.15 bits per heavy atom. The molecule has 20 heavy (non-hydrogen) atoms. The Hall–Kier alpha value is -1.35. The van der Waals surface area contributed by atoms with Crippen molar-refractivity contribution in [2.75, 3.05) is 19.7 Å². The molecule has 108 valence electrons. The summed E-state index contributed by atoms with van der Waals surface area (Å²) in [6.07, 6.45) is 4.68. The van der Waals surface area contributed by atoms with Crippen LogP contribution in [0.3, 0.4) is 0 Å². The summed E-state index contributed by atoms with van der Waals surface area (Å²) in [7, 11) is 0. The summed E-state index contributed by atoms with van der Waals surface area (Å²) in [5.74, 6) is 5.68. The highest BCUT2D eigenvalue weighted by Crippen LogP contribution is 2.16. The van der Waals surface area contributed by atoms with Crippen LogP contribution in [0.1, 0.15) is 40.2 Å². The quantitative estimate of drug-likeness (QED) is 0.831. The molecule has 0 spiro atoms. The van der Waals surface area contributed by atoms with Crippen molar-refractivity contribution in [1.82, 2.24) is 5.32 Å². The first-order valence-electron chi connectivity index (χ1n) is 6.98. The number of nitrogens with two attached hydrogens (primary N) is 1. The molecule has 2 heterocycles. The number of carbonyl (C=O) groups is 1. The Labute approximate surface area is 123 Å². The third-order valence-electron chi connectivity index (χ3n) is 3.17. The van der Waals surface area contributed by atoms with E-state index in [-0.39, 0.29) is 5.91 Å². The van der Waals surface area contributed by atoms with E-state index in [2.05, 4.69) is 17.2 Å². The zero-order chi connectivity index (χ0) is 14.2. The number of thiophene rings is 1. The van der Waals surface area contributed by atoms with E-state index in [0.717, 1.165) is 30.7 Å². The van der Waals surface area contributed by atoms with Gasteiger partial charge in [0.15, 0.2) is 0 Å². The van der Waals surface area contributed by atoms with Crippen molar-refractivity contribution >= 4 is 17.2 Å². The molecule has 2 rings (SSSR count). The topological polar surface area (TPSA) is 64.4 Å². The number of amides is 1. The van der Waals surface area contributed by atoms with Crippen LogP contribution < -0.4 is 11.1 Å². The second-order valence-electron chi connectivity index (χ2n) is 4.70. The van der Waals surface area contributed by atoms with E-state index < -0.39 is 0 Å². The fourth-order valence-electron chi connectivity index (χ4n) is 2.13. The number of hydrogen-bond acceptors (Lipinski definition) is 4. The maximum Gasteiger partial charge on any atom is 0.261 e. The van der Waals surface area contributed by atoms with Crippen LogP contribution in [-0.2, 0) is 4.74 Å². The highest BCUT2D eigenvalue weighted by atomic mass is 32.1. The molecule has 1 aliphatic rings. The number of rotatable bonds is 4. The maximum atomic E-state index is 12.0. The first-order valence-corrected chi connectivity index (χ1v) is 7.80. The minimum absolute atomic E-state index is 0.0355. The van der Waals surface area contributed by atoms with Gasteiger partial charge in [0.1, 0.15) is 0 Å². The van der Waals surface area contributed by atoms with Crippen molar-refractivity contribution in [3.8, 4) is 11.8 Å². The molecule has 1 amide bonds. The Morgan fingerprint density at radius 1 is 1.50 bits per heavy atom. The lowest BCUT2D eigenvalue weighted by Crippen LogP contribution is -2.28. The molecule has 0 aromatic carbocycles. The lowest BCUT2D eigenvalue weighted by atomic mass is 10.1. The van der Waals surface area contributed by atoms with Gasteiger partial charge in [0.25, 0.3) is 5.91 Å². The maximum absolute atomic E-state index is 12.0. The number of ether oxygens (including phenoxy) is 1. The molecule has 1 unspecified atom stereocenters. The highest BCUT2D eigenvalue weighted by Gasteiger charge is 2.14. The smallest absolute Gasteiger partial charge is 0.261 e. The van der Waals surface area contributed by atoms with Crippen LogP contribution in [0.25, 0.3) is 0 Å². The van der Waals surface area contributed by atoms with Crippen LogP contribution in [-0.4, -0.2) is 31.7 Å². The Balaban J connectivity index is 1.75. The standard InChI is InChI=1S/C15H20N2O2S/c16-9-3-5-13-6-7-14(20-13)15(18)17-10-8-12-4-1-2-11-19-12/h6-7,12H,1-2,4,8-11,16H2,(H,17,18). The minimum Gasteiger partial charge on any atom is -0.378 e. The third kappa shape index (κ3) is 4.64. The van der Waals surface area contributed by atoms with Gasteiger partial charge in [-0.2, -0.15) is 0 Å². The predicted octanol–water partition coefficient (Wildman–Crippen LogP) is 1.75. The van der Waals surface area contributed by atoms with Gasteiger partial charge in [-0.25, -0.2) is 0 Å². The molecule has 4 nitrogen and oxygen atoms in total. The highest BCUT2D eigenvalue weighted by molar-refractivity contribution is 7.14. The second-order valence-corrected chi connectivity index (χ2v) is 5.79. The number of carbonyl (C=O) groups excluding carboxylic acids is 1. The molecule has 5 heteroatoms. The van der Waals surface area contributed by atoms with Gasteiger partial charge in [-0.1, -0.05) is 11.8 Å². The van der Waals surface area contributed by atoms with Gasteiger partial charge in [-0.05, 0) is 37.8 Å². The van der Waals surface area contributed by atoms with Gasteiger partial charge in [-0.3, -0.25) is 4.79 Å². The largest absolute Gasteiger partial charge is 0.378 e. The van der Waals surface area contributed by atoms with Crippen LogP contribution in [0.4, 0.5) is 0 Å². The van der Waals surface area contributed by atoms with Crippen LogP contribution in [0.5, 0.6) is 0 Å². The van der Waals surface area contributed by atoms with Gasteiger partial charge in [-0.15, -0.1) is 11.3 Å². The van der Waals surface area contributed by atoms with E-state index >= 15 is 0 Å². The average Bonchev–Trinajstić information content (AvgIpc) is 2.95. The van der Waals surface area contributed by atoms with Crippen LogP contribution in [0.2, 0.25) is 0 Å². The molecule has 0 radical (unpaired) electrons. The molecule has 0 saturated carbocycles. The van der Waals surface area contributed by atoms with Crippen molar-refractivity contribution in [2.24, 2.45) is 5.73 Å². The molecule has 1 aromatic rings. The van der Waals surface area contributed by atoms with E-state index in [1.165, 1.54) is 17.8 Å². The fraction of sp³-hybridized carbons (Fsp3) is 0.533.